The lowest BCUT2D eigenvalue weighted by atomic mass is 10.1. The first kappa shape index (κ1) is 12.5. The molecule has 0 aliphatic rings. The summed E-state index contributed by atoms with van der Waals surface area (Å²) in [5.41, 5.74) is 1.13. The average molecular weight is 283 g/mol. The first-order valence-corrected chi connectivity index (χ1v) is 5.51. The van der Waals surface area contributed by atoms with E-state index in [1.54, 1.807) is 25.1 Å². The van der Waals surface area contributed by atoms with Crippen LogP contribution in [0.15, 0.2) is 22.7 Å². The van der Waals surface area contributed by atoms with E-state index in [-0.39, 0.29) is 12.5 Å². The van der Waals surface area contributed by atoms with Crippen molar-refractivity contribution in [1.29, 1.82) is 5.26 Å². The fraction of sp³-hybridized carbons (Fsp3) is 0.273. The van der Waals surface area contributed by atoms with Crippen LogP contribution >= 0.6 is 15.9 Å². The second-order valence-corrected chi connectivity index (χ2v) is 4.27. The minimum atomic E-state index is -0.867. The van der Waals surface area contributed by atoms with Gasteiger partial charge >= 0.3 is 5.97 Å². The fourth-order valence-electron chi connectivity index (χ4n) is 1.34. The van der Waals surface area contributed by atoms with E-state index in [2.05, 4.69) is 27.3 Å². The molecule has 0 fully saturated rings. The molecule has 0 bridgehead atoms. The lowest BCUT2D eigenvalue weighted by Crippen LogP contribution is -2.19. The molecule has 0 amide bonds. The van der Waals surface area contributed by atoms with Crippen LogP contribution < -0.4 is 5.32 Å². The molecule has 1 aromatic rings. The van der Waals surface area contributed by atoms with Gasteiger partial charge in [-0.25, -0.2) is 0 Å². The van der Waals surface area contributed by atoms with Crippen molar-refractivity contribution < 1.29 is 9.90 Å². The van der Waals surface area contributed by atoms with Crippen molar-refractivity contribution >= 4 is 27.6 Å². The number of carboxylic acids is 1. The van der Waals surface area contributed by atoms with Crippen LogP contribution in [0.5, 0.6) is 0 Å². The predicted molar refractivity (Wildman–Crippen MR) is 64.2 cm³/mol. The third-order valence-corrected chi connectivity index (χ3v) is 2.67. The summed E-state index contributed by atoms with van der Waals surface area (Å²) < 4.78 is 0.697. The van der Waals surface area contributed by atoms with Gasteiger partial charge < -0.3 is 10.4 Å². The first-order chi connectivity index (χ1) is 7.54. The number of nitrogens with zero attached hydrogens (tertiary/aromatic N) is 1. The minimum absolute atomic E-state index is 0.0113. The summed E-state index contributed by atoms with van der Waals surface area (Å²) in [4.78, 5) is 10.5. The Morgan fingerprint density at radius 2 is 2.38 bits per heavy atom. The van der Waals surface area contributed by atoms with E-state index < -0.39 is 5.97 Å². The molecule has 0 aliphatic heterocycles. The summed E-state index contributed by atoms with van der Waals surface area (Å²) in [6.45, 7) is 1.76. The normalized spacial score (nSPS) is 11.6. The van der Waals surface area contributed by atoms with Gasteiger partial charge in [-0.1, -0.05) is 6.07 Å². The van der Waals surface area contributed by atoms with E-state index in [4.69, 9.17) is 10.4 Å². The number of carboxylic acid groups (broad SMARTS) is 1. The topological polar surface area (TPSA) is 73.1 Å². The van der Waals surface area contributed by atoms with E-state index in [1.165, 1.54) is 0 Å². The molecule has 16 heavy (non-hydrogen) atoms. The number of anilines is 1. The third-order valence-electron chi connectivity index (χ3n) is 2.01. The van der Waals surface area contributed by atoms with Crippen LogP contribution in [0.4, 0.5) is 5.69 Å². The number of halogens is 1. The summed E-state index contributed by atoms with van der Waals surface area (Å²) in [5, 5.41) is 20.6. The lowest BCUT2D eigenvalue weighted by Gasteiger charge is -2.14. The maximum atomic E-state index is 10.5. The quantitative estimate of drug-likeness (QED) is 0.890. The van der Waals surface area contributed by atoms with Crippen LogP contribution in [-0.2, 0) is 4.79 Å². The highest BCUT2D eigenvalue weighted by atomic mass is 79.9. The highest BCUT2D eigenvalue weighted by Crippen LogP contribution is 2.24. The van der Waals surface area contributed by atoms with E-state index in [1.807, 2.05) is 0 Å². The fourth-order valence-corrected chi connectivity index (χ4v) is 1.79. The van der Waals surface area contributed by atoms with Crippen molar-refractivity contribution in [3.63, 3.8) is 0 Å². The predicted octanol–water partition coefficient (Wildman–Crippen LogP) is 2.60. The largest absolute Gasteiger partial charge is 0.481 e. The molecule has 84 valence electrons. The summed E-state index contributed by atoms with van der Waals surface area (Å²) in [6, 6.07) is 7.16. The molecule has 5 heteroatoms. The van der Waals surface area contributed by atoms with Gasteiger partial charge in [-0.05, 0) is 35.0 Å². The van der Waals surface area contributed by atoms with Crippen molar-refractivity contribution in [3.8, 4) is 6.07 Å². The maximum absolute atomic E-state index is 10.5. The summed E-state index contributed by atoms with van der Waals surface area (Å²) in [7, 11) is 0. The van der Waals surface area contributed by atoms with E-state index >= 15 is 0 Å². The Morgan fingerprint density at radius 1 is 1.69 bits per heavy atom. The van der Waals surface area contributed by atoms with Crippen molar-refractivity contribution in [2.75, 3.05) is 5.32 Å². The van der Waals surface area contributed by atoms with Gasteiger partial charge in [0.15, 0.2) is 0 Å². The highest BCUT2D eigenvalue weighted by molar-refractivity contribution is 9.10. The van der Waals surface area contributed by atoms with Gasteiger partial charge in [0, 0.05) is 10.5 Å². The number of nitriles is 1. The van der Waals surface area contributed by atoms with Gasteiger partial charge in [-0.15, -0.1) is 0 Å². The monoisotopic (exact) mass is 282 g/mol. The van der Waals surface area contributed by atoms with Crippen molar-refractivity contribution in [2.24, 2.45) is 0 Å². The smallest absolute Gasteiger partial charge is 0.305 e. The second-order valence-electron chi connectivity index (χ2n) is 3.42. The molecule has 1 atom stereocenters. The molecule has 0 heterocycles. The number of aliphatic carboxylic acids is 1. The zero-order valence-corrected chi connectivity index (χ0v) is 10.3. The van der Waals surface area contributed by atoms with Crippen LogP contribution in [0, 0.1) is 11.3 Å². The number of carbonyl (C=O) groups is 1. The zero-order chi connectivity index (χ0) is 12.1. The molecule has 0 aromatic heterocycles. The molecule has 2 N–H and O–H groups in total. The van der Waals surface area contributed by atoms with Crippen molar-refractivity contribution in [1.82, 2.24) is 0 Å². The Morgan fingerprint density at radius 3 is 2.94 bits per heavy atom. The second kappa shape index (κ2) is 5.52. The van der Waals surface area contributed by atoms with Crippen LogP contribution in [-0.4, -0.2) is 17.1 Å². The molecule has 1 unspecified atom stereocenters. The van der Waals surface area contributed by atoms with Crippen LogP contribution in [0.3, 0.4) is 0 Å². The minimum Gasteiger partial charge on any atom is -0.481 e. The third kappa shape index (κ3) is 3.24. The number of rotatable bonds is 4. The number of hydrogen-bond donors (Lipinski definition) is 2. The van der Waals surface area contributed by atoms with Crippen LogP contribution in [0.2, 0.25) is 0 Å². The molecule has 0 saturated carbocycles. The number of benzene rings is 1. The summed E-state index contributed by atoms with van der Waals surface area (Å²) >= 11 is 3.27. The molecular formula is C11H11BrN2O2. The van der Waals surface area contributed by atoms with Gasteiger partial charge in [0.1, 0.15) is 6.07 Å². The van der Waals surface area contributed by atoms with Crippen molar-refractivity contribution in [2.45, 2.75) is 19.4 Å². The Labute approximate surface area is 102 Å². The van der Waals surface area contributed by atoms with Crippen LogP contribution in [0.1, 0.15) is 18.9 Å². The van der Waals surface area contributed by atoms with E-state index in [9.17, 15) is 4.79 Å². The summed E-state index contributed by atoms with van der Waals surface area (Å²) in [5.74, 6) is -0.867. The molecule has 0 aliphatic carbocycles. The van der Waals surface area contributed by atoms with Gasteiger partial charge in [-0.2, -0.15) is 5.26 Å². The zero-order valence-electron chi connectivity index (χ0n) is 8.70. The number of nitrogens with one attached hydrogen (secondary N) is 1. The van der Waals surface area contributed by atoms with Gasteiger partial charge in [-0.3, -0.25) is 4.79 Å². The van der Waals surface area contributed by atoms with E-state index in [0.717, 1.165) is 0 Å². The average Bonchev–Trinajstić information content (AvgIpc) is 2.16. The Kier molecular flexibility index (Phi) is 4.32. The molecule has 1 rings (SSSR count). The molecule has 0 spiro atoms. The molecule has 1 aromatic carbocycles. The van der Waals surface area contributed by atoms with Crippen molar-refractivity contribution in [3.05, 3.63) is 28.2 Å². The van der Waals surface area contributed by atoms with Gasteiger partial charge in [0.2, 0.25) is 0 Å². The maximum Gasteiger partial charge on any atom is 0.305 e. The molecular weight excluding hydrogens is 272 g/mol. The SMILES string of the molecule is CC(CC(=O)O)Nc1cccc(Br)c1C#N. The molecule has 4 nitrogen and oxygen atoms in total. The standard InChI is InChI=1S/C11H11BrN2O2/c1-7(5-11(15)16)14-10-4-2-3-9(12)8(10)6-13/h2-4,7,14H,5H2,1H3,(H,15,16). The summed E-state index contributed by atoms with van der Waals surface area (Å²) in [6.07, 6.45) is 0.0113. The highest BCUT2D eigenvalue weighted by Gasteiger charge is 2.11. The van der Waals surface area contributed by atoms with Gasteiger partial charge in [0.05, 0.1) is 17.7 Å². The first-order valence-electron chi connectivity index (χ1n) is 4.71. The Balaban J connectivity index is 2.85. The Bertz CT molecular complexity index is 440. The van der Waals surface area contributed by atoms with Crippen LogP contribution in [0.25, 0.3) is 0 Å². The van der Waals surface area contributed by atoms with Gasteiger partial charge in [0.25, 0.3) is 0 Å². The number of hydrogen-bond acceptors (Lipinski definition) is 3. The molecule has 0 saturated heterocycles. The van der Waals surface area contributed by atoms with E-state index in [0.29, 0.717) is 15.7 Å². The Hall–Kier alpha value is -1.54. The molecule has 0 radical (unpaired) electrons. The lowest BCUT2D eigenvalue weighted by molar-refractivity contribution is -0.137.